The molecule has 7 heteroatoms. The van der Waals surface area contributed by atoms with E-state index in [-0.39, 0.29) is 18.0 Å². The summed E-state index contributed by atoms with van der Waals surface area (Å²) >= 11 is 0. The van der Waals surface area contributed by atoms with Crippen molar-refractivity contribution in [1.29, 1.82) is 0 Å². The Bertz CT molecular complexity index is 1010. The molecule has 0 bridgehead atoms. The van der Waals surface area contributed by atoms with Crippen LogP contribution in [0.5, 0.6) is 0 Å². The van der Waals surface area contributed by atoms with Gasteiger partial charge in [-0.2, -0.15) is 0 Å². The van der Waals surface area contributed by atoms with Gasteiger partial charge in [-0.05, 0) is 116 Å². The van der Waals surface area contributed by atoms with Crippen molar-refractivity contribution in [3.05, 3.63) is 0 Å². The van der Waals surface area contributed by atoms with E-state index in [4.69, 9.17) is 14.2 Å². The summed E-state index contributed by atoms with van der Waals surface area (Å²) in [6.45, 7) is 25.7. The number of carbonyl (C=O) groups is 2. The molecular formula is C62H125NO6. The van der Waals surface area contributed by atoms with E-state index in [1.807, 2.05) is 6.92 Å². The molecule has 69 heavy (non-hydrogen) atoms. The number of carbonyl (C=O) groups excluding carboxylic acids is 2. The molecule has 0 aromatic heterocycles. The lowest BCUT2D eigenvalue weighted by atomic mass is 9.85. The first-order valence-corrected chi connectivity index (χ1v) is 31.0. The second-order valence-corrected chi connectivity index (χ2v) is 21.4. The van der Waals surface area contributed by atoms with Crippen LogP contribution < -0.4 is 0 Å². The average molecular weight is 981 g/mol. The molecule has 4 unspecified atom stereocenters. The standard InChI is InChI=1S/C41H83NO4.C21H42O2/c1-6-11-14-17-21-28-39(45-37-26-16-13-8-3)29-30-40(43)46-38-27-20-19-23-32-41(44,31-22-18-15-12-7-2)33-24-25-36-42(34-9-4)35-10-5;1-5-8-10-12-13-15-20(23-18-14-11-9-6-2)16-17-21(22)19(4)7-3/h39,44H,6-38H2,1-5H3;19-20H,5-18H2,1-4H3. The highest BCUT2D eigenvalue weighted by Crippen LogP contribution is 2.29. The Morgan fingerprint density at radius 2 is 0.797 bits per heavy atom. The highest BCUT2D eigenvalue weighted by molar-refractivity contribution is 5.80. The van der Waals surface area contributed by atoms with Gasteiger partial charge in [0.1, 0.15) is 5.78 Å². The van der Waals surface area contributed by atoms with Crippen molar-refractivity contribution >= 4 is 11.8 Å². The minimum Gasteiger partial charge on any atom is -0.466 e. The van der Waals surface area contributed by atoms with E-state index in [9.17, 15) is 14.7 Å². The quantitative estimate of drug-likeness (QED) is 0.0480. The minimum atomic E-state index is -0.510. The van der Waals surface area contributed by atoms with Gasteiger partial charge in [-0.25, -0.2) is 0 Å². The molecule has 0 radical (unpaired) electrons. The van der Waals surface area contributed by atoms with E-state index >= 15 is 0 Å². The summed E-state index contributed by atoms with van der Waals surface area (Å²) in [5.74, 6) is 0.558. The van der Waals surface area contributed by atoms with Crippen molar-refractivity contribution < 1.29 is 28.9 Å². The summed E-state index contributed by atoms with van der Waals surface area (Å²) in [4.78, 5) is 27.1. The smallest absolute Gasteiger partial charge is 0.305 e. The average Bonchev–Trinajstić information content (AvgIpc) is 3.34. The van der Waals surface area contributed by atoms with Gasteiger partial charge in [0, 0.05) is 32.0 Å². The highest BCUT2D eigenvalue weighted by Gasteiger charge is 2.25. The second-order valence-electron chi connectivity index (χ2n) is 21.4. The molecule has 4 atom stereocenters. The minimum absolute atomic E-state index is 0.0700. The van der Waals surface area contributed by atoms with E-state index in [2.05, 4.69) is 60.3 Å². The Labute approximate surface area is 432 Å². The van der Waals surface area contributed by atoms with Crippen molar-refractivity contribution in [3.8, 4) is 0 Å². The van der Waals surface area contributed by atoms with Crippen molar-refractivity contribution in [2.75, 3.05) is 39.5 Å². The van der Waals surface area contributed by atoms with E-state index in [1.165, 1.54) is 174 Å². The molecule has 0 saturated heterocycles. The number of rotatable bonds is 54. The number of nitrogens with zero attached hydrogens (tertiary/aromatic N) is 1. The zero-order chi connectivity index (χ0) is 51.3. The second kappa shape index (κ2) is 54.7. The van der Waals surface area contributed by atoms with Gasteiger partial charge in [-0.1, -0.05) is 216 Å². The largest absolute Gasteiger partial charge is 0.466 e. The normalized spacial score (nSPS) is 13.8. The van der Waals surface area contributed by atoms with Crippen LogP contribution in [0.1, 0.15) is 326 Å². The predicted octanol–water partition coefficient (Wildman–Crippen LogP) is 18.7. The topological polar surface area (TPSA) is 85.3 Å². The number of unbranched alkanes of at least 4 members (excludes halogenated alkanes) is 22. The molecule has 0 aromatic carbocycles. The number of ether oxygens (including phenoxy) is 3. The lowest BCUT2D eigenvalue weighted by Crippen LogP contribution is -2.30. The van der Waals surface area contributed by atoms with Crippen molar-refractivity contribution in [2.24, 2.45) is 5.92 Å². The third kappa shape index (κ3) is 49.0. The Kier molecular flexibility index (Phi) is 55.6. The number of esters is 1. The lowest BCUT2D eigenvalue weighted by Gasteiger charge is -2.29. The van der Waals surface area contributed by atoms with Gasteiger partial charge in [-0.15, -0.1) is 0 Å². The maximum Gasteiger partial charge on any atom is 0.305 e. The molecular weight excluding hydrogens is 855 g/mol. The van der Waals surface area contributed by atoms with Gasteiger partial charge >= 0.3 is 5.97 Å². The molecule has 0 rings (SSSR count). The first kappa shape index (κ1) is 70.1. The summed E-state index contributed by atoms with van der Waals surface area (Å²) in [7, 11) is 0. The van der Waals surface area contributed by atoms with Crippen LogP contribution in [-0.4, -0.2) is 79.0 Å². The first-order chi connectivity index (χ1) is 33.6. The SMILES string of the molecule is CCCCCCCC(CCC(=O)C(C)CC)OCCCCCC.CCCCCCCC(CCC(=O)OCCCCCCC(O)(CCCCCCC)CCCCN(CCC)CCC)OCCCCCC. The maximum absolute atomic E-state index is 12.5. The van der Waals surface area contributed by atoms with E-state index in [0.29, 0.717) is 31.3 Å². The molecule has 0 fully saturated rings. The monoisotopic (exact) mass is 980 g/mol. The molecule has 7 nitrogen and oxygen atoms in total. The third-order valence-electron chi connectivity index (χ3n) is 14.5. The summed E-state index contributed by atoms with van der Waals surface area (Å²) < 4.78 is 17.9. The number of Topliss-reactive ketones (excluding diaryl/α,β-unsaturated/α-hetero) is 1. The molecule has 0 heterocycles. The first-order valence-electron chi connectivity index (χ1n) is 31.0. The Balaban J connectivity index is 0. The van der Waals surface area contributed by atoms with Gasteiger partial charge in [0.15, 0.2) is 0 Å². The van der Waals surface area contributed by atoms with Gasteiger partial charge < -0.3 is 24.2 Å². The number of aliphatic hydroxyl groups is 1. The fraction of sp³-hybridized carbons (Fsp3) is 0.968. The third-order valence-corrected chi connectivity index (χ3v) is 14.5. The van der Waals surface area contributed by atoms with Crippen LogP contribution in [0.3, 0.4) is 0 Å². The number of ketones is 1. The summed E-state index contributed by atoms with van der Waals surface area (Å²) in [5.41, 5.74) is -0.510. The molecule has 0 saturated carbocycles. The molecule has 0 aromatic rings. The summed E-state index contributed by atoms with van der Waals surface area (Å²) in [6, 6.07) is 0. The van der Waals surface area contributed by atoms with Crippen LogP contribution in [0.25, 0.3) is 0 Å². The van der Waals surface area contributed by atoms with Gasteiger partial charge in [0.2, 0.25) is 0 Å². The Hall–Kier alpha value is -1.02. The highest BCUT2D eigenvalue weighted by atomic mass is 16.5. The van der Waals surface area contributed by atoms with Gasteiger partial charge in [-0.3, -0.25) is 9.59 Å². The molecule has 0 amide bonds. The molecule has 414 valence electrons. The van der Waals surface area contributed by atoms with Gasteiger partial charge in [0.05, 0.1) is 24.4 Å². The van der Waals surface area contributed by atoms with Crippen LogP contribution in [0.4, 0.5) is 0 Å². The molecule has 0 aliphatic carbocycles. The van der Waals surface area contributed by atoms with Crippen LogP contribution in [0, 0.1) is 5.92 Å². The zero-order valence-corrected chi connectivity index (χ0v) is 48.4. The predicted molar refractivity (Wildman–Crippen MR) is 301 cm³/mol. The van der Waals surface area contributed by atoms with Crippen LogP contribution >= 0.6 is 0 Å². The molecule has 1 N–H and O–H groups in total. The number of hydrogen-bond donors (Lipinski definition) is 1. The van der Waals surface area contributed by atoms with Crippen molar-refractivity contribution in [2.45, 2.75) is 343 Å². The Morgan fingerprint density at radius 1 is 0.420 bits per heavy atom. The zero-order valence-electron chi connectivity index (χ0n) is 48.4. The van der Waals surface area contributed by atoms with Crippen LogP contribution in [0.15, 0.2) is 0 Å². The fourth-order valence-electron chi connectivity index (χ4n) is 9.54. The van der Waals surface area contributed by atoms with Gasteiger partial charge in [0.25, 0.3) is 0 Å². The molecule has 0 aliphatic heterocycles. The lowest BCUT2D eigenvalue weighted by molar-refractivity contribution is -0.144. The Morgan fingerprint density at radius 3 is 1.23 bits per heavy atom. The summed E-state index contributed by atoms with van der Waals surface area (Å²) in [6.07, 6.45) is 47.2. The van der Waals surface area contributed by atoms with E-state index in [1.54, 1.807) is 0 Å². The van der Waals surface area contributed by atoms with Crippen molar-refractivity contribution in [1.82, 2.24) is 4.90 Å². The van der Waals surface area contributed by atoms with Crippen LogP contribution in [-0.2, 0) is 23.8 Å². The van der Waals surface area contributed by atoms with Crippen LogP contribution in [0.2, 0.25) is 0 Å². The molecule has 0 spiro atoms. The van der Waals surface area contributed by atoms with E-state index < -0.39 is 5.60 Å². The van der Waals surface area contributed by atoms with E-state index in [0.717, 1.165) is 110 Å². The summed E-state index contributed by atoms with van der Waals surface area (Å²) in [5, 5.41) is 11.6. The van der Waals surface area contributed by atoms with Crippen molar-refractivity contribution in [3.63, 3.8) is 0 Å². The maximum atomic E-state index is 12.5. The molecule has 0 aliphatic rings. The number of hydrogen-bond acceptors (Lipinski definition) is 7. The fourth-order valence-corrected chi connectivity index (χ4v) is 9.54.